The van der Waals surface area contributed by atoms with Gasteiger partial charge in [-0.25, -0.2) is 4.79 Å². The maximum atomic E-state index is 12.2. The zero-order valence-corrected chi connectivity index (χ0v) is 15.6. The number of nitrogens with one attached hydrogen (secondary N) is 1. The minimum absolute atomic E-state index is 0.159. The van der Waals surface area contributed by atoms with Gasteiger partial charge in [-0.05, 0) is 44.5 Å². The van der Waals surface area contributed by atoms with Crippen LogP contribution in [0.5, 0.6) is 0 Å². The fourth-order valence-electron chi connectivity index (χ4n) is 1.99. The molecule has 0 aliphatic rings. The van der Waals surface area contributed by atoms with Gasteiger partial charge in [0, 0.05) is 9.35 Å². The number of anilines is 1. The highest BCUT2D eigenvalue weighted by Gasteiger charge is 2.19. The lowest BCUT2D eigenvalue weighted by molar-refractivity contribution is -0.115. The van der Waals surface area contributed by atoms with E-state index in [2.05, 4.69) is 21.2 Å². The Morgan fingerprint density at radius 1 is 1.26 bits per heavy atom. The third-order valence-electron chi connectivity index (χ3n) is 2.95. The molecule has 1 amide bonds. The highest BCUT2D eigenvalue weighted by Crippen LogP contribution is 2.28. The number of ether oxygens (including phenoxy) is 1. The molecule has 0 aliphatic heterocycles. The van der Waals surface area contributed by atoms with Crippen molar-refractivity contribution in [2.75, 3.05) is 5.32 Å². The number of halogens is 1. The molecule has 1 aromatic heterocycles. The smallest absolute Gasteiger partial charge is 0.341 e. The van der Waals surface area contributed by atoms with Gasteiger partial charge in [-0.2, -0.15) is 0 Å². The summed E-state index contributed by atoms with van der Waals surface area (Å²) in [6.45, 7) is 5.48. The summed E-state index contributed by atoms with van der Waals surface area (Å²) in [6.07, 6.45) is 0.0529. The molecule has 0 unspecified atom stereocenters. The SMILES string of the molecule is Cc1cc(C(=O)OC(C)C)c(NC(=O)Cc2ccc(Br)cc2)s1. The molecule has 1 heterocycles. The number of amides is 1. The Balaban J connectivity index is 2.08. The van der Waals surface area contributed by atoms with Gasteiger partial charge in [-0.3, -0.25) is 4.79 Å². The lowest BCUT2D eigenvalue weighted by atomic mass is 10.1. The van der Waals surface area contributed by atoms with E-state index in [-0.39, 0.29) is 18.4 Å². The lowest BCUT2D eigenvalue weighted by Crippen LogP contribution is -2.17. The van der Waals surface area contributed by atoms with E-state index in [1.165, 1.54) is 11.3 Å². The minimum Gasteiger partial charge on any atom is -0.459 e. The summed E-state index contributed by atoms with van der Waals surface area (Å²) >= 11 is 4.73. The van der Waals surface area contributed by atoms with Crippen molar-refractivity contribution in [2.24, 2.45) is 0 Å². The van der Waals surface area contributed by atoms with Crippen LogP contribution in [0.3, 0.4) is 0 Å². The Morgan fingerprint density at radius 3 is 2.52 bits per heavy atom. The van der Waals surface area contributed by atoms with Crippen LogP contribution in [0.2, 0.25) is 0 Å². The fourth-order valence-corrected chi connectivity index (χ4v) is 3.17. The number of hydrogen-bond acceptors (Lipinski definition) is 4. The summed E-state index contributed by atoms with van der Waals surface area (Å²) in [4.78, 5) is 25.2. The molecule has 0 atom stereocenters. The first-order valence-electron chi connectivity index (χ1n) is 7.21. The van der Waals surface area contributed by atoms with Crippen LogP contribution < -0.4 is 5.32 Å². The first kappa shape index (κ1) is 17.7. The van der Waals surface area contributed by atoms with Crippen LogP contribution in [-0.2, 0) is 16.0 Å². The molecule has 0 fully saturated rings. The molecule has 1 N–H and O–H groups in total. The third-order valence-corrected chi connectivity index (χ3v) is 4.44. The van der Waals surface area contributed by atoms with Gasteiger partial charge in [0.15, 0.2) is 0 Å². The van der Waals surface area contributed by atoms with Crippen molar-refractivity contribution in [1.29, 1.82) is 0 Å². The van der Waals surface area contributed by atoms with Gasteiger partial charge in [0.2, 0.25) is 5.91 Å². The van der Waals surface area contributed by atoms with Crippen molar-refractivity contribution >= 4 is 44.1 Å². The van der Waals surface area contributed by atoms with E-state index in [0.29, 0.717) is 10.6 Å². The summed E-state index contributed by atoms with van der Waals surface area (Å²) in [7, 11) is 0. The molecule has 0 saturated carbocycles. The number of benzene rings is 1. The predicted octanol–water partition coefficient (Wildman–Crippen LogP) is 4.57. The first-order chi connectivity index (χ1) is 10.8. The number of carbonyl (C=O) groups excluding carboxylic acids is 2. The molecule has 0 bridgehead atoms. The molecule has 6 heteroatoms. The van der Waals surface area contributed by atoms with Gasteiger partial charge < -0.3 is 10.1 Å². The third kappa shape index (κ3) is 5.18. The first-order valence-corrected chi connectivity index (χ1v) is 8.82. The molecular weight excluding hydrogens is 378 g/mol. The zero-order valence-electron chi connectivity index (χ0n) is 13.2. The van der Waals surface area contributed by atoms with Crippen molar-refractivity contribution in [3.8, 4) is 0 Å². The van der Waals surface area contributed by atoms with Crippen LogP contribution in [0.25, 0.3) is 0 Å². The van der Waals surface area contributed by atoms with Crippen LogP contribution in [0, 0.1) is 6.92 Å². The lowest BCUT2D eigenvalue weighted by Gasteiger charge is -2.09. The van der Waals surface area contributed by atoms with Gasteiger partial charge in [0.05, 0.1) is 18.1 Å². The van der Waals surface area contributed by atoms with Gasteiger partial charge in [-0.15, -0.1) is 11.3 Å². The van der Waals surface area contributed by atoms with E-state index in [1.54, 1.807) is 19.9 Å². The van der Waals surface area contributed by atoms with E-state index in [9.17, 15) is 9.59 Å². The van der Waals surface area contributed by atoms with Gasteiger partial charge in [0.25, 0.3) is 0 Å². The fraction of sp³-hybridized carbons (Fsp3) is 0.294. The normalized spacial score (nSPS) is 10.7. The van der Waals surface area contributed by atoms with E-state index in [1.807, 2.05) is 31.2 Å². The van der Waals surface area contributed by atoms with Gasteiger partial charge in [0.1, 0.15) is 5.00 Å². The molecule has 0 aliphatic carbocycles. The molecule has 0 radical (unpaired) electrons. The summed E-state index contributed by atoms with van der Waals surface area (Å²) in [5.41, 5.74) is 1.32. The number of thiophene rings is 1. The summed E-state index contributed by atoms with van der Waals surface area (Å²) < 4.78 is 6.18. The molecule has 0 saturated heterocycles. The summed E-state index contributed by atoms with van der Waals surface area (Å²) in [6, 6.07) is 9.30. The summed E-state index contributed by atoms with van der Waals surface area (Å²) in [5, 5.41) is 3.35. The predicted molar refractivity (Wildman–Crippen MR) is 96.1 cm³/mol. The quantitative estimate of drug-likeness (QED) is 0.754. The molecule has 23 heavy (non-hydrogen) atoms. The van der Waals surface area contributed by atoms with Gasteiger partial charge in [-0.1, -0.05) is 28.1 Å². The summed E-state index contributed by atoms with van der Waals surface area (Å²) in [5.74, 6) is -0.573. The van der Waals surface area contributed by atoms with Crippen molar-refractivity contribution in [2.45, 2.75) is 33.3 Å². The van der Waals surface area contributed by atoms with E-state index < -0.39 is 5.97 Å². The highest BCUT2D eigenvalue weighted by atomic mass is 79.9. The minimum atomic E-state index is -0.414. The number of hydrogen-bond donors (Lipinski definition) is 1. The Kier molecular flexibility index (Phi) is 5.96. The van der Waals surface area contributed by atoms with Crippen LogP contribution in [0.1, 0.15) is 34.6 Å². The Hall–Kier alpha value is -1.66. The van der Waals surface area contributed by atoms with Crippen LogP contribution in [-0.4, -0.2) is 18.0 Å². The van der Waals surface area contributed by atoms with Crippen molar-refractivity contribution in [3.63, 3.8) is 0 Å². The van der Waals surface area contributed by atoms with E-state index in [0.717, 1.165) is 14.9 Å². The molecule has 1 aromatic carbocycles. The van der Waals surface area contributed by atoms with E-state index in [4.69, 9.17) is 4.74 Å². The maximum absolute atomic E-state index is 12.2. The Morgan fingerprint density at radius 2 is 1.91 bits per heavy atom. The Labute approximate surface area is 148 Å². The van der Waals surface area contributed by atoms with Crippen molar-refractivity contribution < 1.29 is 14.3 Å². The van der Waals surface area contributed by atoms with Crippen LogP contribution in [0.15, 0.2) is 34.8 Å². The monoisotopic (exact) mass is 395 g/mol. The topological polar surface area (TPSA) is 55.4 Å². The van der Waals surface area contributed by atoms with Crippen LogP contribution >= 0.6 is 27.3 Å². The number of carbonyl (C=O) groups is 2. The number of rotatable bonds is 5. The van der Waals surface area contributed by atoms with Crippen molar-refractivity contribution in [1.82, 2.24) is 0 Å². The number of aryl methyl sites for hydroxylation is 1. The molecule has 2 aromatic rings. The molecule has 2 rings (SSSR count). The maximum Gasteiger partial charge on any atom is 0.341 e. The van der Waals surface area contributed by atoms with Gasteiger partial charge >= 0.3 is 5.97 Å². The molecule has 122 valence electrons. The molecular formula is C17H18BrNO3S. The zero-order chi connectivity index (χ0) is 17.0. The average Bonchev–Trinajstić information content (AvgIpc) is 2.81. The van der Waals surface area contributed by atoms with Crippen molar-refractivity contribution in [3.05, 3.63) is 50.8 Å². The Bertz CT molecular complexity index is 707. The second-order valence-corrected chi connectivity index (χ2v) is 7.58. The second-order valence-electron chi connectivity index (χ2n) is 5.41. The highest BCUT2D eigenvalue weighted by molar-refractivity contribution is 9.10. The standard InChI is InChI=1S/C17H18BrNO3S/c1-10(2)22-17(21)14-8-11(3)23-16(14)19-15(20)9-12-4-6-13(18)7-5-12/h4-8,10H,9H2,1-3H3,(H,19,20). The second kappa shape index (κ2) is 7.75. The number of esters is 1. The molecule has 4 nitrogen and oxygen atoms in total. The van der Waals surface area contributed by atoms with Crippen LogP contribution in [0.4, 0.5) is 5.00 Å². The largest absolute Gasteiger partial charge is 0.459 e. The molecule has 0 spiro atoms. The van der Waals surface area contributed by atoms with E-state index >= 15 is 0 Å². The average molecular weight is 396 g/mol.